The van der Waals surface area contributed by atoms with E-state index in [1.54, 1.807) is 0 Å². The number of rotatable bonds is 4. The van der Waals surface area contributed by atoms with E-state index < -0.39 is 0 Å². The Kier molecular flexibility index (Phi) is 4.93. The third kappa shape index (κ3) is 4.33. The fraction of sp³-hybridized carbons (Fsp3) is 0.231. The number of amides is 2. The molecule has 2 rings (SSSR count). The first-order valence-electron chi connectivity index (χ1n) is 5.85. The molecule has 0 aliphatic rings. The van der Waals surface area contributed by atoms with Gasteiger partial charge >= 0.3 is 6.03 Å². The summed E-state index contributed by atoms with van der Waals surface area (Å²) in [6.07, 6.45) is 0.783. The van der Waals surface area contributed by atoms with Crippen LogP contribution in [0.4, 0.5) is 9.93 Å². The Morgan fingerprint density at radius 3 is 2.89 bits per heavy atom. The fourth-order valence-corrected chi connectivity index (χ4v) is 2.73. The molecule has 0 aliphatic carbocycles. The van der Waals surface area contributed by atoms with Crippen molar-refractivity contribution < 1.29 is 4.79 Å². The van der Waals surface area contributed by atoms with Crippen molar-refractivity contribution in [1.82, 2.24) is 10.3 Å². The van der Waals surface area contributed by atoms with Gasteiger partial charge in [-0.1, -0.05) is 34.1 Å². The predicted octanol–water partition coefficient (Wildman–Crippen LogP) is 3.58. The average Bonchev–Trinajstić information content (AvgIpc) is 2.77. The molecule has 100 valence electrons. The predicted molar refractivity (Wildman–Crippen MR) is 81.7 cm³/mol. The molecule has 0 atom stereocenters. The normalized spacial score (nSPS) is 10.2. The summed E-state index contributed by atoms with van der Waals surface area (Å²) in [7, 11) is 0. The minimum Gasteiger partial charge on any atom is -0.337 e. The maximum atomic E-state index is 11.6. The molecule has 0 spiro atoms. The number of aromatic nitrogens is 1. The van der Waals surface area contributed by atoms with Crippen LogP contribution in [0.1, 0.15) is 11.3 Å². The van der Waals surface area contributed by atoms with E-state index in [1.807, 2.05) is 36.6 Å². The van der Waals surface area contributed by atoms with Gasteiger partial charge < -0.3 is 5.32 Å². The average molecular weight is 340 g/mol. The monoisotopic (exact) mass is 339 g/mol. The molecule has 2 N–H and O–H groups in total. The number of carbonyl (C=O) groups is 1. The summed E-state index contributed by atoms with van der Waals surface area (Å²) in [4.78, 5) is 15.8. The highest BCUT2D eigenvalue weighted by atomic mass is 79.9. The van der Waals surface area contributed by atoms with Crippen LogP contribution in [0.5, 0.6) is 0 Å². The SMILES string of the molecule is Cc1csc(NC(=O)NCCc2ccccc2Br)n1. The molecule has 2 amide bonds. The molecular weight excluding hydrogens is 326 g/mol. The number of halogens is 1. The third-order valence-electron chi connectivity index (χ3n) is 2.48. The summed E-state index contributed by atoms with van der Waals surface area (Å²) in [6.45, 7) is 2.48. The van der Waals surface area contributed by atoms with Crippen molar-refractivity contribution in [3.63, 3.8) is 0 Å². The zero-order valence-corrected chi connectivity index (χ0v) is 12.8. The summed E-state index contributed by atoms with van der Waals surface area (Å²) in [5.74, 6) is 0. The van der Waals surface area contributed by atoms with Gasteiger partial charge in [0.2, 0.25) is 0 Å². The van der Waals surface area contributed by atoms with Crippen LogP contribution in [-0.2, 0) is 6.42 Å². The number of anilines is 1. The van der Waals surface area contributed by atoms with Crippen LogP contribution in [0.3, 0.4) is 0 Å². The Balaban J connectivity index is 1.77. The smallest absolute Gasteiger partial charge is 0.321 e. The van der Waals surface area contributed by atoms with Crippen LogP contribution in [0.25, 0.3) is 0 Å². The Bertz CT molecular complexity index is 571. The van der Waals surface area contributed by atoms with Crippen molar-refractivity contribution in [1.29, 1.82) is 0 Å². The first-order valence-corrected chi connectivity index (χ1v) is 7.53. The number of benzene rings is 1. The van der Waals surface area contributed by atoms with Gasteiger partial charge in [-0.3, -0.25) is 5.32 Å². The van der Waals surface area contributed by atoms with Crippen molar-refractivity contribution >= 4 is 38.4 Å². The molecule has 2 aromatic rings. The van der Waals surface area contributed by atoms with E-state index in [0.717, 1.165) is 16.6 Å². The molecule has 0 saturated carbocycles. The fourth-order valence-electron chi connectivity index (χ4n) is 1.56. The maximum absolute atomic E-state index is 11.6. The number of hydrogen-bond donors (Lipinski definition) is 2. The van der Waals surface area contributed by atoms with Crippen LogP contribution in [-0.4, -0.2) is 17.6 Å². The number of urea groups is 1. The number of thiazole rings is 1. The summed E-state index contributed by atoms with van der Waals surface area (Å²) in [6, 6.07) is 7.76. The van der Waals surface area contributed by atoms with Gasteiger partial charge in [0.25, 0.3) is 0 Å². The molecule has 1 aromatic carbocycles. The van der Waals surface area contributed by atoms with Crippen molar-refractivity contribution in [2.75, 3.05) is 11.9 Å². The molecule has 4 nitrogen and oxygen atoms in total. The second-order valence-electron chi connectivity index (χ2n) is 4.02. The van der Waals surface area contributed by atoms with Crippen LogP contribution >= 0.6 is 27.3 Å². The minimum absolute atomic E-state index is 0.221. The van der Waals surface area contributed by atoms with Crippen molar-refractivity contribution in [2.45, 2.75) is 13.3 Å². The van der Waals surface area contributed by atoms with E-state index in [2.05, 4.69) is 31.5 Å². The first kappa shape index (κ1) is 14.0. The number of carbonyl (C=O) groups excluding carboxylic acids is 1. The molecular formula is C13H14BrN3OS. The molecule has 0 aliphatic heterocycles. The third-order valence-corrected chi connectivity index (χ3v) is 4.13. The Morgan fingerprint density at radius 2 is 2.21 bits per heavy atom. The van der Waals surface area contributed by atoms with Gasteiger partial charge in [-0.15, -0.1) is 11.3 Å². The van der Waals surface area contributed by atoms with Gasteiger partial charge in [-0.05, 0) is 25.0 Å². The molecule has 0 fully saturated rings. The topological polar surface area (TPSA) is 54.0 Å². The summed E-state index contributed by atoms with van der Waals surface area (Å²) >= 11 is 4.90. The quantitative estimate of drug-likeness (QED) is 0.894. The zero-order valence-electron chi connectivity index (χ0n) is 10.4. The highest BCUT2D eigenvalue weighted by Gasteiger charge is 2.05. The van der Waals surface area contributed by atoms with Crippen molar-refractivity contribution in [3.05, 3.63) is 45.4 Å². The van der Waals surface area contributed by atoms with Crippen LogP contribution in [0.2, 0.25) is 0 Å². The zero-order chi connectivity index (χ0) is 13.7. The second kappa shape index (κ2) is 6.68. The highest BCUT2D eigenvalue weighted by molar-refractivity contribution is 9.10. The van der Waals surface area contributed by atoms with Gasteiger partial charge in [0.15, 0.2) is 5.13 Å². The lowest BCUT2D eigenvalue weighted by atomic mass is 10.1. The van der Waals surface area contributed by atoms with Crippen LogP contribution in [0, 0.1) is 6.92 Å². The van der Waals surface area contributed by atoms with E-state index in [-0.39, 0.29) is 6.03 Å². The minimum atomic E-state index is -0.221. The van der Waals surface area contributed by atoms with Crippen LogP contribution < -0.4 is 10.6 Å². The molecule has 1 aromatic heterocycles. The molecule has 1 heterocycles. The lowest BCUT2D eigenvalue weighted by molar-refractivity contribution is 0.252. The number of aryl methyl sites for hydroxylation is 1. The molecule has 0 radical (unpaired) electrons. The lowest BCUT2D eigenvalue weighted by Crippen LogP contribution is -2.30. The molecule has 0 unspecified atom stereocenters. The summed E-state index contributed by atoms with van der Waals surface area (Å²) in [5, 5.41) is 8.04. The molecule has 6 heteroatoms. The van der Waals surface area contributed by atoms with E-state index in [1.165, 1.54) is 16.9 Å². The van der Waals surface area contributed by atoms with Gasteiger partial charge in [0.1, 0.15) is 0 Å². The Hall–Kier alpha value is -1.40. The van der Waals surface area contributed by atoms with E-state index >= 15 is 0 Å². The van der Waals surface area contributed by atoms with Crippen molar-refractivity contribution in [3.8, 4) is 0 Å². The highest BCUT2D eigenvalue weighted by Crippen LogP contribution is 2.16. The maximum Gasteiger partial charge on any atom is 0.321 e. The standard InChI is InChI=1S/C13H14BrN3OS/c1-9-8-19-13(16-9)17-12(18)15-7-6-10-4-2-3-5-11(10)14/h2-5,8H,6-7H2,1H3,(H2,15,16,17,18). The molecule has 19 heavy (non-hydrogen) atoms. The van der Waals surface area contributed by atoms with E-state index in [0.29, 0.717) is 11.7 Å². The van der Waals surface area contributed by atoms with Gasteiger partial charge in [0, 0.05) is 16.4 Å². The molecule has 0 saturated heterocycles. The number of nitrogens with zero attached hydrogens (tertiary/aromatic N) is 1. The van der Waals surface area contributed by atoms with E-state index in [9.17, 15) is 4.79 Å². The van der Waals surface area contributed by atoms with Gasteiger partial charge in [-0.25, -0.2) is 9.78 Å². The van der Waals surface area contributed by atoms with Gasteiger partial charge in [0.05, 0.1) is 5.69 Å². The summed E-state index contributed by atoms with van der Waals surface area (Å²) in [5.41, 5.74) is 2.08. The first-order chi connectivity index (χ1) is 9.15. The Morgan fingerprint density at radius 1 is 1.42 bits per heavy atom. The lowest BCUT2D eigenvalue weighted by Gasteiger charge is -2.06. The second-order valence-corrected chi connectivity index (χ2v) is 5.73. The largest absolute Gasteiger partial charge is 0.337 e. The van der Waals surface area contributed by atoms with Crippen LogP contribution in [0.15, 0.2) is 34.1 Å². The van der Waals surface area contributed by atoms with Gasteiger partial charge in [-0.2, -0.15) is 0 Å². The van der Waals surface area contributed by atoms with Crippen molar-refractivity contribution in [2.24, 2.45) is 0 Å². The van der Waals surface area contributed by atoms with E-state index in [4.69, 9.17) is 0 Å². The summed E-state index contributed by atoms with van der Waals surface area (Å²) < 4.78 is 1.06. The number of hydrogen-bond acceptors (Lipinski definition) is 3. The Labute approximate surface area is 124 Å². The molecule has 0 bridgehead atoms. The number of nitrogens with one attached hydrogen (secondary N) is 2.